The van der Waals surface area contributed by atoms with E-state index in [-0.39, 0.29) is 0 Å². The molecule has 0 unspecified atom stereocenters. The Hall–Kier alpha value is -1.77. The maximum absolute atomic E-state index is 10.5. The monoisotopic (exact) mass is 258 g/mol. The summed E-state index contributed by atoms with van der Waals surface area (Å²) in [5.74, 6) is 0.351. The molecule has 0 amide bonds. The first-order chi connectivity index (χ1) is 9.19. The lowest BCUT2D eigenvalue weighted by Crippen LogP contribution is -2.02. The molecule has 1 aromatic heterocycles. The molecule has 0 bridgehead atoms. The van der Waals surface area contributed by atoms with Gasteiger partial charge in [0, 0.05) is 12.1 Å². The smallest absolute Gasteiger partial charge is 0.164 e. The Labute approximate surface area is 114 Å². The molecular formula is C16H22N2O. The van der Waals surface area contributed by atoms with Gasteiger partial charge in [0.2, 0.25) is 0 Å². The van der Waals surface area contributed by atoms with Crippen molar-refractivity contribution in [2.75, 3.05) is 0 Å². The number of aromatic hydroxyl groups is 1. The molecule has 0 aliphatic carbocycles. The molecule has 3 nitrogen and oxygen atoms in total. The summed E-state index contributed by atoms with van der Waals surface area (Å²) in [4.78, 5) is 0. The highest BCUT2D eigenvalue weighted by Crippen LogP contribution is 2.34. The predicted molar refractivity (Wildman–Crippen MR) is 78.4 cm³/mol. The van der Waals surface area contributed by atoms with Gasteiger partial charge in [0.25, 0.3) is 0 Å². The molecule has 0 saturated carbocycles. The standard InChI is InChI=1S/C16H22N2O/c1-4-8-14-16(19)15(18(17-14)11-5-2)13-10-7-6-9-12(13)3/h6-7,9-10,19H,4-5,8,11H2,1-3H3. The Morgan fingerprint density at radius 3 is 2.53 bits per heavy atom. The minimum absolute atomic E-state index is 0.351. The summed E-state index contributed by atoms with van der Waals surface area (Å²) in [6.45, 7) is 7.13. The highest BCUT2D eigenvalue weighted by Gasteiger charge is 2.18. The van der Waals surface area contributed by atoms with E-state index in [4.69, 9.17) is 0 Å². The van der Waals surface area contributed by atoms with Gasteiger partial charge in [-0.3, -0.25) is 4.68 Å². The average molecular weight is 258 g/mol. The first kappa shape index (κ1) is 13.7. The van der Waals surface area contributed by atoms with Gasteiger partial charge in [-0.1, -0.05) is 44.5 Å². The van der Waals surface area contributed by atoms with E-state index >= 15 is 0 Å². The molecule has 0 fully saturated rings. The average Bonchev–Trinajstić information content (AvgIpc) is 2.68. The number of aryl methyl sites for hydroxylation is 3. The molecule has 102 valence electrons. The normalized spacial score (nSPS) is 10.9. The molecule has 19 heavy (non-hydrogen) atoms. The van der Waals surface area contributed by atoms with Crippen LogP contribution in [-0.4, -0.2) is 14.9 Å². The van der Waals surface area contributed by atoms with Crippen molar-refractivity contribution >= 4 is 0 Å². The van der Waals surface area contributed by atoms with Crippen LogP contribution in [0.2, 0.25) is 0 Å². The Kier molecular flexibility index (Phi) is 4.25. The highest BCUT2D eigenvalue weighted by atomic mass is 16.3. The van der Waals surface area contributed by atoms with Gasteiger partial charge in [0.1, 0.15) is 11.4 Å². The van der Waals surface area contributed by atoms with Crippen LogP contribution in [0.3, 0.4) is 0 Å². The van der Waals surface area contributed by atoms with E-state index in [1.807, 2.05) is 22.9 Å². The van der Waals surface area contributed by atoms with Crippen molar-refractivity contribution in [2.24, 2.45) is 0 Å². The van der Waals surface area contributed by atoms with Crippen molar-refractivity contribution in [3.63, 3.8) is 0 Å². The largest absolute Gasteiger partial charge is 0.504 e. The maximum Gasteiger partial charge on any atom is 0.164 e. The molecule has 3 heteroatoms. The summed E-state index contributed by atoms with van der Waals surface area (Å²) < 4.78 is 1.95. The zero-order valence-corrected chi connectivity index (χ0v) is 12.0. The van der Waals surface area contributed by atoms with E-state index in [9.17, 15) is 5.11 Å². The van der Waals surface area contributed by atoms with Crippen LogP contribution >= 0.6 is 0 Å². The second kappa shape index (κ2) is 5.91. The molecule has 1 heterocycles. The van der Waals surface area contributed by atoms with Crippen molar-refractivity contribution in [3.05, 3.63) is 35.5 Å². The van der Waals surface area contributed by atoms with Crippen molar-refractivity contribution < 1.29 is 5.11 Å². The Balaban J connectivity index is 2.57. The summed E-state index contributed by atoms with van der Waals surface area (Å²) in [5, 5.41) is 15.0. The SMILES string of the molecule is CCCc1nn(CCC)c(-c2ccccc2C)c1O. The third kappa shape index (κ3) is 2.65. The van der Waals surface area contributed by atoms with Crippen LogP contribution in [0.5, 0.6) is 5.75 Å². The van der Waals surface area contributed by atoms with Crippen LogP contribution in [0.1, 0.15) is 37.9 Å². The van der Waals surface area contributed by atoms with E-state index in [0.717, 1.165) is 48.3 Å². The second-order valence-electron chi connectivity index (χ2n) is 4.93. The van der Waals surface area contributed by atoms with Crippen molar-refractivity contribution in [1.29, 1.82) is 0 Å². The zero-order chi connectivity index (χ0) is 13.8. The number of hydrogen-bond acceptors (Lipinski definition) is 2. The fourth-order valence-corrected chi connectivity index (χ4v) is 2.39. The summed E-state index contributed by atoms with van der Waals surface area (Å²) in [6, 6.07) is 8.14. The van der Waals surface area contributed by atoms with Crippen LogP contribution in [0.15, 0.2) is 24.3 Å². The summed E-state index contributed by atoms with van der Waals surface area (Å²) >= 11 is 0. The Morgan fingerprint density at radius 1 is 1.16 bits per heavy atom. The molecule has 0 spiro atoms. The van der Waals surface area contributed by atoms with Gasteiger partial charge in [-0.15, -0.1) is 0 Å². The lowest BCUT2D eigenvalue weighted by atomic mass is 10.0. The van der Waals surface area contributed by atoms with Crippen LogP contribution in [0, 0.1) is 6.92 Å². The number of rotatable bonds is 5. The van der Waals surface area contributed by atoms with Crippen LogP contribution < -0.4 is 0 Å². The molecule has 0 saturated heterocycles. The van der Waals surface area contributed by atoms with Crippen molar-refractivity contribution in [3.8, 4) is 17.0 Å². The minimum Gasteiger partial charge on any atom is -0.504 e. The summed E-state index contributed by atoms with van der Waals surface area (Å²) in [7, 11) is 0. The fourth-order valence-electron chi connectivity index (χ4n) is 2.39. The quantitative estimate of drug-likeness (QED) is 0.882. The topological polar surface area (TPSA) is 38.0 Å². The molecule has 0 aliphatic heterocycles. The summed E-state index contributed by atoms with van der Waals surface area (Å²) in [6.07, 6.45) is 2.82. The van der Waals surface area contributed by atoms with Crippen molar-refractivity contribution in [2.45, 2.75) is 46.6 Å². The van der Waals surface area contributed by atoms with Crippen molar-refractivity contribution in [1.82, 2.24) is 9.78 Å². The van der Waals surface area contributed by atoms with E-state index in [1.54, 1.807) is 0 Å². The van der Waals surface area contributed by atoms with Gasteiger partial charge in [-0.2, -0.15) is 5.10 Å². The fraction of sp³-hybridized carbons (Fsp3) is 0.438. The van der Waals surface area contributed by atoms with Crippen LogP contribution in [0.25, 0.3) is 11.3 Å². The molecular weight excluding hydrogens is 236 g/mol. The van der Waals surface area contributed by atoms with Gasteiger partial charge >= 0.3 is 0 Å². The second-order valence-corrected chi connectivity index (χ2v) is 4.93. The number of hydrogen-bond donors (Lipinski definition) is 1. The first-order valence-electron chi connectivity index (χ1n) is 7.03. The molecule has 1 aromatic carbocycles. The van der Waals surface area contributed by atoms with Gasteiger partial charge in [0.05, 0.1) is 0 Å². The molecule has 0 atom stereocenters. The van der Waals surface area contributed by atoms with E-state index in [0.29, 0.717) is 5.75 Å². The van der Waals surface area contributed by atoms with E-state index < -0.39 is 0 Å². The molecule has 2 rings (SSSR count). The van der Waals surface area contributed by atoms with Gasteiger partial charge in [0.15, 0.2) is 5.75 Å². The van der Waals surface area contributed by atoms with Crippen LogP contribution in [-0.2, 0) is 13.0 Å². The zero-order valence-electron chi connectivity index (χ0n) is 12.0. The Morgan fingerprint density at radius 2 is 1.89 bits per heavy atom. The maximum atomic E-state index is 10.5. The van der Waals surface area contributed by atoms with E-state index in [1.165, 1.54) is 0 Å². The lowest BCUT2D eigenvalue weighted by molar-refractivity contribution is 0.469. The minimum atomic E-state index is 0.351. The number of aromatic nitrogens is 2. The highest BCUT2D eigenvalue weighted by molar-refractivity contribution is 5.70. The Bertz CT molecular complexity index is 558. The predicted octanol–water partition coefficient (Wildman–Crippen LogP) is 3.93. The summed E-state index contributed by atoms with van der Waals surface area (Å²) in [5.41, 5.74) is 3.92. The molecule has 1 N–H and O–H groups in total. The molecule has 0 aliphatic rings. The number of benzene rings is 1. The third-order valence-electron chi connectivity index (χ3n) is 3.32. The lowest BCUT2D eigenvalue weighted by Gasteiger charge is -2.09. The van der Waals surface area contributed by atoms with Gasteiger partial charge in [-0.25, -0.2) is 0 Å². The molecule has 2 aromatic rings. The van der Waals surface area contributed by atoms with Crippen LogP contribution in [0.4, 0.5) is 0 Å². The number of nitrogens with zero attached hydrogens (tertiary/aromatic N) is 2. The first-order valence-corrected chi connectivity index (χ1v) is 7.03. The van der Waals surface area contributed by atoms with Gasteiger partial charge in [-0.05, 0) is 25.3 Å². The van der Waals surface area contributed by atoms with Gasteiger partial charge < -0.3 is 5.11 Å². The van der Waals surface area contributed by atoms with E-state index in [2.05, 4.69) is 31.9 Å². The molecule has 0 radical (unpaired) electrons. The third-order valence-corrected chi connectivity index (χ3v) is 3.32.